The van der Waals surface area contributed by atoms with Crippen LogP contribution < -0.4 is 4.80 Å². The summed E-state index contributed by atoms with van der Waals surface area (Å²) in [5, 5.41) is 23.2. The maximum Gasteiger partial charge on any atom is 0.335 e. The van der Waals surface area contributed by atoms with E-state index in [0.29, 0.717) is 16.1 Å². The largest absolute Gasteiger partial charge is 0.478 e. The summed E-state index contributed by atoms with van der Waals surface area (Å²) in [5.74, 6) is -0.991. The molecule has 0 bridgehead atoms. The molecule has 0 aliphatic carbocycles. The number of aromatic nitrogens is 2. The van der Waals surface area contributed by atoms with Gasteiger partial charge >= 0.3 is 5.97 Å². The molecule has 118 valence electrons. The van der Waals surface area contributed by atoms with Crippen LogP contribution in [0.1, 0.15) is 15.9 Å². The molecule has 2 aromatic carbocycles. The predicted octanol–water partition coefficient (Wildman–Crippen LogP) is 2.95. The first kappa shape index (κ1) is 15.6. The van der Waals surface area contributed by atoms with Gasteiger partial charge in [0.15, 0.2) is 0 Å². The Morgan fingerprint density at radius 1 is 1.29 bits per heavy atom. The smallest absolute Gasteiger partial charge is 0.335 e. The number of carboxylic acid groups (broad SMARTS) is 1. The maximum absolute atomic E-state index is 11.0. The summed E-state index contributed by atoms with van der Waals surface area (Å²) in [4.78, 5) is 16.1. The van der Waals surface area contributed by atoms with E-state index in [1.807, 2.05) is 12.1 Å². The maximum atomic E-state index is 11.0. The fraction of sp³-hybridized carbons (Fsp3) is 0.0588. The number of nitriles is 1. The number of benzene rings is 2. The molecule has 0 amide bonds. The number of carboxylic acids is 1. The van der Waals surface area contributed by atoms with Crippen molar-refractivity contribution in [2.45, 2.75) is 0 Å². The molecule has 0 atom stereocenters. The zero-order valence-electron chi connectivity index (χ0n) is 12.7. The SMILES string of the molecule is Cn1nc(-c2cccc(C#N)c2)sc1=Nc1cccc(C(=O)O)c1. The lowest BCUT2D eigenvalue weighted by Crippen LogP contribution is -2.10. The van der Waals surface area contributed by atoms with Crippen molar-refractivity contribution in [2.75, 3.05) is 0 Å². The van der Waals surface area contributed by atoms with Gasteiger partial charge in [-0.3, -0.25) is 0 Å². The lowest BCUT2D eigenvalue weighted by Gasteiger charge is -1.95. The van der Waals surface area contributed by atoms with Gasteiger partial charge in [-0.2, -0.15) is 10.4 Å². The highest BCUT2D eigenvalue weighted by Gasteiger charge is 2.07. The van der Waals surface area contributed by atoms with Crippen molar-refractivity contribution in [3.05, 3.63) is 64.5 Å². The van der Waals surface area contributed by atoms with Gasteiger partial charge in [0, 0.05) is 12.6 Å². The van der Waals surface area contributed by atoms with Crippen molar-refractivity contribution < 1.29 is 9.90 Å². The van der Waals surface area contributed by atoms with Crippen LogP contribution in [0, 0.1) is 11.3 Å². The first-order valence-electron chi connectivity index (χ1n) is 6.99. The van der Waals surface area contributed by atoms with Crippen LogP contribution in [0.4, 0.5) is 5.69 Å². The standard InChI is InChI=1S/C17H12N4O2S/c1-21-17(19-14-7-3-6-13(9-14)16(22)23)24-15(20-21)12-5-2-4-11(8-12)10-18/h2-9H,1H3,(H,22,23). The van der Waals surface area contributed by atoms with E-state index in [2.05, 4.69) is 16.2 Å². The molecule has 24 heavy (non-hydrogen) atoms. The lowest BCUT2D eigenvalue weighted by atomic mass is 10.1. The number of hydrogen-bond donors (Lipinski definition) is 1. The summed E-state index contributed by atoms with van der Waals surface area (Å²) < 4.78 is 1.63. The Morgan fingerprint density at radius 3 is 2.83 bits per heavy atom. The molecule has 0 saturated carbocycles. The summed E-state index contributed by atoms with van der Waals surface area (Å²) >= 11 is 1.37. The van der Waals surface area contributed by atoms with Gasteiger partial charge in [0.2, 0.25) is 4.80 Å². The van der Waals surface area contributed by atoms with Gasteiger partial charge in [-0.05, 0) is 30.3 Å². The van der Waals surface area contributed by atoms with Crippen molar-refractivity contribution in [3.63, 3.8) is 0 Å². The zero-order chi connectivity index (χ0) is 17.1. The number of nitrogens with zero attached hydrogens (tertiary/aromatic N) is 4. The van der Waals surface area contributed by atoms with Crippen LogP contribution in [-0.4, -0.2) is 20.9 Å². The Kier molecular flexibility index (Phi) is 4.22. The summed E-state index contributed by atoms with van der Waals surface area (Å²) in [6, 6.07) is 15.7. The van der Waals surface area contributed by atoms with E-state index in [1.165, 1.54) is 23.5 Å². The number of hydrogen-bond acceptors (Lipinski definition) is 5. The molecule has 3 aromatic rings. The van der Waals surface area contributed by atoms with Crippen molar-refractivity contribution in [1.29, 1.82) is 5.26 Å². The summed E-state index contributed by atoms with van der Waals surface area (Å²) in [5.41, 5.74) is 2.14. The van der Waals surface area contributed by atoms with E-state index < -0.39 is 5.97 Å². The van der Waals surface area contributed by atoms with Crippen molar-refractivity contribution in [1.82, 2.24) is 9.78 Å². The zero-order valence-corrected chi connectivity index (χ0v) is 13.5. The second-order valence-corrected chi connectivity index (χ2v) is 5.93. The Bertz CT molecular complexity index is 1030. The van der Waals surface area contributed by atoms with Crippen LogP contribution in [-0.2, 0) is 7.05 Å². The van der Waals surface area contributed by atoms with Gasteiger partial charge in [-0.1, -0.05) is 29.5 Å². The van der Waals surface area contributed by atoms with Gasteiger partial charge < -0.3 is 5.11 Å². The Hall–Kier alpha value is -3.24. The first-order valence-corrected chi connectivity index (χ1v) is 7.81. The van der Waals surface area contributed by atoms with E-state index >= 15 is 0 Å². The molecule has 0 aliphatic rings. The number of aromatic carboxylic acids is 1. The second-order valence-electron chi connectivity index (χ2n) is 4.97. The van der Waals surface area contributed by atoms with Crippen LogP contribution in [0.3, 0.4) is 0 Å². The quantitative estimate of drug-likeness (QED) is 0.796. The van der Waals surface area contributed by atoms with Crippen molar-refractivity contribution in [2.24, 2.45) is 12.0 Å². The molecule has 0 saturated heterocycles. The minimum absolute atomic E-state index is 0.186. The molecular formula is C17H12N4O2S. The molecule has 0 aliphatic heterocycles. The van der Waals surface area contributed by atoms with Gasteiger partial charge in [0.05, 0.1) is 22.9 Å². The molecule has 7 heteroatoms. The molecule has 3 rings (SSSR count). The van der Waals surface area contributed by atoms with Gasteiger partial charge in [-0.25, -0.2) is 14.5 Å². The summed E-state index contributed by atoms with van der Waals surface area (Å²) in [7, 11) is 1.77. The highest BCUT2D eigenvalue weighted by atomic mass is 32.1. The fourth-order valence-corrected chi connectivity index (χ4v) is 3.01. The molecule has 0 spiro atoms. The first-order chi connectivity index (χ1) is 11.6. The molecule has 1 aromatic heterocycles. The van der Waals surface area contributed by atoms with E-state index in [9.17, 15) is 4.79 Å². The molecule has 1 N–H and O–H groups in total. The highest BCUT2D eigenvalue weighted by molar-refractivity contribution is 7.12. The third-order valence-electron chi connectivity index (χ3n) is 3.26. The van der Waals surface area contributed by atoms with Crippen LogP contribution in [0.2, 0.25) is 0 Å². The molecular weight excluding hydrogens is 324 g/mol. The average molecular weight is 336 g/mol. The fourth-order valence-electron chi connectivity index (χ4n) is 2.10. The van der Waals surface area contributed by atoms with E-state index in [1.54, 1.807) is 36.0 Å². The minimum atomic E-state index is -0.991. The minimum Gasteiger partial charge on any atom is -0.478 e. The van der Waals surface area contributed by atoms with Gasteiger partial charge in [0.25, 0.3) is 0 Å². The number of rotatable bonds is 3. The molecule has 0 radical (unpaired) electrons. The highest BCUT2D eigenvalue weighted by Crippen LogP contribution is 2.21. The Balaban J connectivity index is 2.04. The van der Waals surface area contributed by atoms with Gasteiger partial charge in [-0.15, -0.1) is 0 Å². The summed E-state index contributed by atoms with van der Waals surface area (Å²) in [6.45, 7) is 0. The van der Waals surface area contributed by atoms with Crippen molar-refractivity contribution in [3.8, 4) is 16.6 Å². The van der Waals surface area contributed by atoms with Crippen LogP contribution in [0.5, 0.6) is 0 Å². The second kappa shape index (κ2) is 6.48. The topological polar surface area (TPSA) is 91.3 Å². The predicted molar refractivity (Wildman–Crippen MR) is 89.9 cm³/mol. The van der Waals surface area contributed by atoms with Gasteiger partial charge in [0.1, 0.15) is 5.01 Å². The number of carbonyl (C=O) groups is 1. The van der Waals surface area contributed by atoms with E-state index in [4.69, 9.17) is 10.4 Å². The van der Waals surface area contributed by atoms with Crippen LogP contribution in [0.15, 0.2) is 53.5 Å². The van der Waals surface area contributed by atoms with Crippen LogP contribution >= 0.6 is 11.3 Å². The van der Waals surface area contributed by atoms with E-state index in [0.717, 1.165) is 10.6 Å². The normalized spacial score (nSPS) is 11.2. The molecule has 1 heterocycles. The van der Waals surface area contributed by atoms with Crippen LogP contribution in [0.25, 0.3) is 10.6 Å². The van der Waals surface area contributed by atoms with Crippen molar-refractivity contribution >= 4 is 23.0 Å². The number of aryl methyl sites for hydroxylation is 1. The van der Waals surface area contributed by atoms with E-state index in [-0.39, 0.29) is 5.56 Å². The average Bonchev–Trinajstić information content (AvgIpc) is 2.96. The molecule has 0 fully saturated rings. The molecule has 6 nitrogen and oxygen atoms in total. The summed E-state index contributed by atoms with van der Waals surface area (Å²) in [6.07, 6.45) is 0. The Labute approximate surface area is 141 Å². The monoisotopic (exact) mass is 336 g/mol. The third kappa shape index (κ3) is 3.24. The Morgan fingerprint density at radius 2 is 2.08 bits per heavy atom. The lowest BCUT2D eigenvalue weighted by molar-refractivity contribution is 0.0697. The molecule has 0 unspecified atom stereocenters. The third-order valence-corrected chi connectivity index (χ3v) is 4.31.